The summed E-state index contributed by atoms with van der Waals surface area (Å²) < 4.78 is 41.6. The Bertz CT molecular complexity index is 1650. The van der Waals surface area contributed by atoms with Crippen LogP contribution in [0.5, 0.6) is 0 Å². The summed E-state index contributed by atoms with van der Waals surface area (Å²) in [4.78, 5) is 44.1. The quantitative estimate of drug-likeness (QED) is 0.270. The van der Waals surface area contributed by atoms with Gasteiger partial charge in [0.25, 0.3) is 0 Å². The molecule has 1 atom stereocenters. The third-order valence-electron chi connectivity index (χ3n) is 7.66. The number of hydrogen-bond donors (Lipinski definition) is 1. The molecular formula is C30H32F3N9O2. The van der Waals surface area contributed by atoms with E-state index < -0.39 is 11.9 Å². The summed E-state index contributed by atoms with van der Waals surface area (Å²) in [5.74, 6) is 0.851. The molecule has 6 rings (SSSR count). The van der Waals surface area contributed by atoms with Crippen molar-refractivity contribution in [2.45, 2.75) is 18.5 Å². The fraction of sp³-hybridized carbons (Fsp3) is 0.333. The van der Waals surface area contributed by atoms with Crippen molar-refractivity contribution in [3.63, 3.8) is 0 Å². The van der Waals surface area contributed by atoms with Crippen LogP contribution in [-0.2, 0) is 15.8 Å². The fourth-order valence-corrected chi connectivity index (χ4v) is 5.27. The van der Waals surface area contributed by atoms with Crippen molar-refractivity contribution < 1.29 is 22.8 Å². The smallest absolute Gasteiger partial charge is 0.383 e. The van der Waals surface area contributed by atoms with Gasteiger partial charge >= 0.3 is 6.18 Å². The number of anilines is 1. The number of pyridine rings is 3. The van der Waals surface area contributed by atoms with Gasteiger partial charge in [0.05, 0.1) is 17.4 Å². The molecule has 0 radical (unpaired) electrons. The Balaban J connectivity index is 0.000000270. The molecule has 11 nitrogen and oxygen atoms in total. The summed E-state index contributed by atoms with van der Waals surface area (Å²) in [5, 5.41) is 0. The maximum absolute atomic E-state index is 13.4. The topological polar surface area (TPSA) is 126 Å². The molecular weight excluding hydrogens is 575 g/mol. The van der Waals surface area contributed by atoms with Gasteiger partial charge in [0, 0.05) is 50.5 Å². The van der Waals surface area contributed by atoms with Gasteiger partial charge in [-0.2, -0.15) is 13.2 Å². The summed E-state index contributed by atoms with van der Waals surface area (Å²) in [6, 6.07) is 9.40. The van der Waals surface area contributed by atoms with Gasteiger partial charge in [-0.3, -0.25) is 19.1 Å². The third-order valence-corrected chi connectivity index (χ3v) is 7.66. The predicted molar refractivity (Wildman–Crippen MR) is 159 cm³/mol. The molecule has 2 aliphatic heterocycles. The van der Waals surface area contributed by atoms with E-state index in [0.29, 0.717) is 54.7 Å². The van der Waals surface area contributed by atoms with Gasteiger partial charge in [-0.15, -0.1) is 0 Å². The van der Waals surface area contributed by atoms with E-state index in [0.717, 1.165) is 37.7 Å². The molecule has 2 amide bonds. The second-order valence-corrected chi connectivity index (χ2v) is 10.6. The number of carbonyl (C=O) groups is 2. The van der Waals surface area contributed by atoms with Crippen LogP contribution in [0.4, 0.5) is 19.0 Å². The number of imidazole rings is 1. The van der Waals surface area contributed by atoms with Crippen LogP contribution in [0.1, 0.15) is 23.7 Å². The number of carbonyl (C=O) groups excluding carboxylic acids is 2. The minimum Gasteiger partial charge on any atom is -0.383 e. The second-order valence-electron chi connectivity index (χ2n) is 10.6. The first kappa shape index (κ1) is 30.6. The molecule has 0 unspecified atom stereocenters. The van der Waals surface area contributed by atoms with Gasteiger partial charge < -0.3 is 20.4 Å². The van der Waals surface area contributed by atoms with Crippen molar-refractivity contribution in [3.8, 4) is 17.1 Å². The summed E-state index contributed by atoms with van der Waals surface area (Å²) in [6.45, 7) is 7.82. The van der Waals surface area contributed by atoms with Gasteiger partial charge in [0.15, 0.2) is 11.5 Å². The number of fused-ring (bicyclic) bond motifs is 1. The lowest BCUT2D eigenvalue weighted by Crippen LogP contribution is -2.47. The van der Waals surface area contributed by atoms with Crippen molar-refractivity contribution >= 4 is 29.3 Å². The predicted octanol–water partition coefficient (Wildman–Crippen LogP) is 3.37. The number of amides is 2. The molecule has 0 aliphatic carbocycles. The standard InChI is InChI=1S/C22H20F3N7.C8H12N2O2/c1-31-10-8-13(12-31)16-5-4-14(11-28-16)32-20(15-3-2-9-27-19(15)26)29-17-6-7-18(22(23,24)25)30-21(17)32;1-2-8(12)10-5-3-9(7-11)4-6-10/h2-7,9,11,13H,8,10,12H2,1H3,(H2,26,27);2,7H,1,3-6H2/t13-;/m1./s1. The lowest BCUT2D eigenvalue weighted by Gasteiger charge is -2.31. The second kappa shape index (κ2) is 12.8. The number of hydrogen-bond acceptors (Lipinski definition) is 8. The van der Waals surface area contributed by atoms with Crippen molar-refractivity contribution in [2.24, 2.45) is 0 Å². The lowest BCUT2D eigenvalue weighted by molar-refractivity contribution is -0.141. The van der Waals surface area contributed by atoms with Gasteiger partial charge in [0.2, 0.25) is 12.3 Å². The summed E-state index contributed by atoms with van der Waals surface area (Å²) in [6.07, 6.45) is 1.75. The fourth-order valence-electron chi connectivity index (χ4n) is 5.27. The van der Waals surface area contributed by atoms with Crippen molar-refractivity contribution in [3.05, 3.63) is 72.8 Å². The van der Waals surface area contributed by atoms with Gasteiger partial charge in [-0.05, 0) is 62.5 Å². The van der Waals surface area contributed by atoms with E-state index in [2.05, 4.69) is 38.5 Å². The zero-order valence-electron chi connectivity index (χ0n) is 24.1. The van der Waals surface area contributed by atoms with Crippen molar-refractivity contribution in [1.29, 1.82) is 0 Å². The Labute approximate surface area is 251 Å². The number of alkyl halides is 3. The van der Waals surface area contributed by atoms with Gasteiger partial charge in [-0.25, -0.2) is 15.0 Å². The molecule has 44 heavy (non-hydrogen) atoms. The van der Waals surface area contributed by atoms with E-state index >= 15 is 0 Å². The highest BCUT2D eigenvalue weighted by Crippen LogP contribution is 2.34. The number of likely N-dealkylation sites (tertiary alicyclic amines) is 1. The van der Waals surface area contributed by atoms with Crippen LogP contribution in [0.3, 0.4) is 0 Å². The first-order valence-electron chi connectivity index (χ1n) is 14.0. The molecule has 0 aromatic carbocycles. The lowest BCUT2D eigenvalue weighted by atomic mass is 10.0. The number of piperazine rings is 1. The number of nitrogens with two attached hydrogens (primary N) is 1. The molecule has 2 saturated heterocycles. The highest BCUT2D eigenvalue weighted by Gasteiger charge is 2.33. The zero-order valence-corrected chi connectivity index (χ0v) is 24.1. The monoisotopic (exact) mass is 607 g/mol. The number of halogens is 3. The summed E-state index contributed by atoms with van der Waals surface area (Å²) >= 11 is 0. The van der Waals surface area contributed by atoms with E-state index in [1.807, 2.05) is 12.1 Å². The third kappa shape index (κ3) is 6.54. The van der Waals surface area contributed by atoms with Crippen LogP contribution in [0.15, 0.2) is 61.4 Å². The molecule has 2 fully saturated rings. The van der Waals surface area contributed by atoms with Crippen LogP contribution < -0.4 is 5.73 Å². The van der Waals surface area contributed by atoms with Crippen molar-refractivity contribution in [2.75, 3.05) is 52.0 Å². The average molecular weight is 608 g/mol. The Morgan fingerprint density at radius 1 is 1.05 bits per heavy atom. The normalized spacial score (nSPS) is 17.3. The minimum atomic E-state index is -4.58. The van der Waals surface area contributed by atoms with E-state index in [4.69, 9.17) is 5.73 Å². The number of likely N-dealkylation sites (N-methyl/N-ethyl adjacent to an activating group) is 1. The van der Waals surface area contributed by atoms with E-state index in [1.54, 1.807) is 38.9 Å². The van der Waals surface area contributed by atoms with Crippen molar-refractivity contribution in [1.82, 2.24) is 39.2 Å². The van der Waals surface area contributed by atoms with E-state index in [1.165, 1.54) is 12.1 Å². The molecule has 0 saturated carbocycles. The first-order chi connectivity index (χ1) is 21.1. The first-order valence-corrected chi connectivity index (χ1v) is 14.0. The molecule has 14 heteroatoms. The molecule has 4 aromatic rings. The van der Waals surface area contributed by atoms with Crippen LogP contribution in [0.25, 0.3) is 28.2 Å². The minimum absolute atomic E-state index is 0.0550. The number of aromatic nitrogens is 5. The molecule has 4 aromatic heterocycles. The molecule has 6 heterocycles. The maximum Gasteiger partial charge on any atom is 0.433 e. The molecule has 0 bridgehead atoms. The van der Waals surface area contributed by atoms with Crippen LogP contribution in [-0.4, -0.2) is 97.8 Å². The zero-order chi connectivity index (χ0) is 31.4. The molecule has 2 N–H and O–H groups in total. The Morgan fingerprint density at radius 2 is 1.82 bits per heavy atom. The Kier molecular flexibility index (Phi) is 8.90. The molecule has 2 aliphatic rings. The van der Waals surface area contributed by atoms with Gasteiger partial charge in [0.1, 0.15) is 17.0 Å². The Morgan fingerprint density at radius 3 is 2.41 bits per heavy atom. The highest BCUT2D eigenvalue weighted by atomic mass is 19.4. The van der Waals surface area contributed by atoms with Crippen LogP contribution in [0.2, 0.25) is 0 Å². The summed E-state index contributed by atoms with van der Waals surface area (Å²) in [7, 11) is 2.07. The van der Waals surface area contributed by atoms with Gasteiger partial charge in [-0.1, -0.05) is 6.58 Å². The number of nitrogen functional groups attached to an aromatic ring is 1. The summed E-state index contributed by atoms with van der Waals surface area (Å²) in [5.41, 5.74) is 7.46. The number of rotatable bonds is 5. The average Bonchev–Trinajstić information content (AvgIpc) is 3.64. The maximum atomic E-state index is 13.4. The molecule has 230 valence electrons. The Hall–Kier alpha value is -4.85. The van der Waals surface area contributed by atoms with E-state index in [-0.39, 0.29) is 17.4 Å². The highest BCUT2D eigenvalue weighted by molar-refractivity contribution is 5.87. The molecule has 0 spiro atoms. The van der Waals surface area contributed by atoms with Crippen LogP contribution in [0, 0.1) is 0 Å². The largest absolute Gasteiger partial charge is 0.433 e. The van der Waals surface area contributed by atoms with E-state index in [9.17, 15) is 22.8 Å². The van der Waals surface area contributed by atoms with Crippen LogP contribution >= 0.6 is 0 Å². The number of nitrogens with zero attached hydrogens (tertiary/aromatic N) is 8. The SMILES string of the molecule is C=CC(=O)N1CCN(C=O)CC1.CN1CC[C@@H](c2ccc(-n3c(-c4cccnc4N)nc4ccc(C(F)(F)F)nc43)cn2)C1.